The van der Waals surface area contributed by atoms with Crippen LogP contribution in [0, 0.1) is 17.0 Å². The van der Waals surface area contributed by atoms with Crippen LogP contribution < -0.4 is 15.4 Å². The Morgan fingerprint density at radius 3 is 2.41 bits per heavy atom. The van der Waals surface area contributed by atoms with E-state index in [1.54, 1.807) is 36.6 Å². The van der Waals surface area contributed by atoms with E-state index in [0.717, 1.165) is 4.88 Å². The topological polar surface area (TPSA) is 136 Å². The van der Waals surface area contributed by atoms with Gasteiger partial charge in [0, 0.05) is 23.1 Å². The number of nitro benzene ring substituents is 1. The summed E-state index contributed by atoms with van der Waals surface area (Å²) in [5.41, 5.74) is 1.86. The smallest absolute Gasteiger partial charge is 0.269 e. The number of hydrogen-bond donors (Lipinski definition) is 2. The number of nitro groups is 1. The number of carbonyl (C=O) groups excluding carboxylic acids is 2. The molecule has 12 heteroatoms. The minimum atomic E-state index is -0.529. The molecule has 2 aromatic carbocycles. The normalized spacial score (nSPS) is 10.5. The van der Waals surface area contributed by atoms with Crippen molar-refractivity contribution in [3.05, 3.63) is 80.8 Å². The van der Waals surface area contributed by atoms with Gasteiger partial charge < -0.3 is 4.74 Å². The van der Waals surface area contributed by atoms with Crippen LogP contribution in [-0.2, 0) is 0 Å². The van der Waals surface area contributed by atoms with E-state index in [9.17, 15) is 19.7 Å². The second-order valence-corrected chi connectivity index (χ2v) is 8.74. The first-order valence-electron chi connectivity index (χ1n) is 9.79. The number of aromatic nitrogens is 2. The third-order valence-corrected chi connectivity index (χ3v) is 6.52. The van der Waals surface area contributed by atoms with Gasteiger partial charge in [0.05, 0.1) is 33.9 Å². The molecule has 172 valence electrons. The molecule has 34 heavy (non-hydrogen) atoms. The average molecular weight is 496 g/mol. The lowest BCUT2D eigenvalue weighted by Gasteiger charge is -2.06. The van der Waals surface area contributed by atoms with Gasteiger partial charge in [-0.25, -0.2) is 9.97 Å². The summed E-state index contributed by atoms with van der Waals surface area (Å²) >= 11 is 2.50. The molecule has 2 heterocycles. The number of methoxy groups -OCH3 is 1. The standard InChI is InChI=1S/C22H17N5O5S2/c1-12-18(34-22(23-12)26-20(29)15-5-3-4-6-17(15)32-2)16-11-33-21(24-16)25-19(28)13-7-9-14(10-8-13)27(30)31/h3-11H,1-2H3,(H,23,26,29)(H,24,25,28). The van der Waals surface area contributed by atoms with Crippen molar-refractivity contribution in [2.75, 3.05) is 17.7 Å². The van der Waals surface area contributed by atoms with Gasteiger partial charge in [-0.1, -0.05) is 23.5 Å². The van der Waals surface area contributed by atoms with Crippen molar-refractivity contribution in [1.29, 1.82) is 0 Å². The molecule has 0 radical (unpaired) electrons. The van der Waals surface area contributed by atoms with Crippen LogP contribution in [-0.4, -0.2) is 33.8 Å². The van der Waals surface area contributed by atoms with Crippen molar-refractivity contribution < 1.29 is 19.2 Å². The first-order chi connectivity index (χ1) is 16.4. The predicted molar refractivity (Wildman–Crippen MR) is 130 cm³/mol. The maximum Gasteiger partial charge on any atom is 0.269 e. The van der Waals surface area contributed by atoms with Gasteiger partial charge in [-0.05, 0) is 31.2 Å². The summed E-state index contributed by atoms with van der Waals surface area (Å²) in [5, 5.41) is 18.8. The average Bonchev–Trinajstić information content (AvgIpc) is 3.44. The maximum atomic E-state index is 12.6. The number of amides is 2. The van der Waals surface area contributed by atoms with Gasteiger partial charge in [0.2, 0.25) is 0 Å². The zero-order valence-corrected chi connectivity index (χ0v) is 19.5. The molecule has 0 unspecified atom stereocenters. The molecule has 0 bridgehead atoms. The first kappa shape index (κ1) is 23.0. The number of nitrogens with one attached hydrogen (secondary N) is 2. The van der Waals surface area contributed by atoms with Crippen molar-refractivity contribution in [2.45, 2.75) is 6.92 Å². The van der Waals surface area contributed by atoms with Gasteiger partial charge in [0.15, 0.2) is 10.3 Å². The van der Waals surface area contributed by atoms with Crippen molar-refractivity contribution in [2.24, 2.45) is 0 Å². The summed E-state index contributed by atoms with van der Waals surface area (Å²) in [6.45, 7) is 1.80. The van der Waals surface area contributed by atoms with Crippen LogP contribution >= 0.6 is 22.7 Å². The highest BCUT2D eigenvalue weighted by molar-refractivity contribution is 7.20. The fraction of sp³-hybridized carbons (Fsp3) is 0.0909. The Kier molecular flexibility index (Phi) is 6.61. The molecule has 0 saturated carbocycles. The van der Waals surface area contributed by atoms with Gasteiger partial charge in [0.25, 0.3) is 17.5 Å². The Bertz CT molecular complexity index is 1380. The molecule has 2 amide bonds. The third-order valence-electron chi connectivity index (χ3n) is 4.67. The van der Waals surface area contributed by atoms with Crippen LogP contribution in [0.2, 0.25) is 0 Å². The number of rotatable bonds is 7. The highest BCUT2D eigenvalue weighted by atomic mass is 32.1. The lowest BCUT2D eigenvalue weighted by Crippen LogP contribution is -2.12. The number of aryl methyl sites for hydroxylation is 1. The number of ether oxygens (including phenoxy) is 1. The lowest BCUT2D eigenvalue weighted by molar-refractivity contribution is -0.384. The summed E-state index contributed by atoms with van der Waals surface area (Å²) in [4.78, 5) is 44.9. The summed E-state index contributed by atoms with van der Waals surface area (Å²) < 4.78 is 5.23. The van der Waals surface area contributed by atoms with Gasteiger partial charge in [-0.15, -0.1) is 11.3 Å². The van der Waals surface area contributed by atoms with Crippen molar-refractivity contribution in [3.8, 4) is 16.3 Å². The summed E-state index contributed by atoms with van der Waals surface area (Å²) in [7, 11) is 1.50. The van der Waals surface area contributed by atoms with E-state index in [-0.39, 0.29) is 17.2 Å². The second-order valence-electron chi connectivity index (χ2n) is 6.88. The number of non-ortho nitro benzene ring substituents is 1. The second kappa shape index (κ2) is 9.77. The molecular weight excluding hydrogens is 478 g/mol. The number of anilines is 2. The fourth-order valence-corrected chi connectivity index (χ4v) is 4.72. The van der Waals surface area contributed by atoms with Gasteiger partial charge >= 0.3 is 0 Å². The Morgan fingerprint density at radius 2 is 1.71 bits per heavy atom. The number of nitrogens with zero attached hydrogens (tertiary/aromatic N) is 3. The molecule has 2 N–H and O–H groups in total. The molecule has 10 nitrogen and oxygen atoms in total. The Morgan fingerprint density at radius 1 is 1.00 bits per heavy atom. The Labute approximate surface area is 201 Å². The number of benzene rings is 2. The highest BCUT2D eigenvalue weighted by Crippen LogP contribution is 2.35. The van der Waals surface area contributed by atoms with Gasteiger partial charge in [-0.2, -0.15) is 0 Å². The molecule has 0 aliphatic heterocycles. The monoisotopic (exact) mass is 495 g/mol. The van der Waals surface area contributed by atoms with E-state index in [2.05, 4.69) is 20.6 Å². The Hall–Kier alpha value is -4.16. The molecular formula is C22H17N5O5S2. The quantitative estimate of drug-likeness (QED) is 0.272. The zero-order valence-electron chi connectivity index (χ0n) is 17.9. The number of para-hydroxylation sites is 1. The van der Waals surface area contributed by atoms with E-state index in [0.29, 0.717) is 33.0 Å². The Balaban J connectivity index is 1.47. The molecule has 0 saturated heterocycles. The van der Waals surface area contributed by atoms with Crippen molar-refractivity contribution >= 4 is 50.4 Å². The van der Waals surface area contributed by atoms with E-state index in [4.69, 9.17) is 4.74 Å². The first-order valence-corrected chi connectivity index (χ1v) is 11.5. The van der Waals surface area contributed by atoms with Crippen molar-refractivity contribution in [3.63, 3.8) is 0 Å². The van der Waals surface area contributed by atoms with Gasteiger partial charge in [0.1, 0.15) is 5.75 Å². The molecule has 0 fully saturated rings. The van der Waals surface area contributed by atoms with Crippen LogP contribution in [0.3, 0.4) is 0 Å². The molecule has 0 spiro atoms. The molecule has 0 aliphatic carbocycles. The maximum absolute atomic E-state index is 12.6. The lowest BCUT2D eigenvalue weighted by atomic mass is 10.2. The molecule has 0 aliphatic rings. The number of thiazole rings is 2. The summed E-state index contributed by atoms with van der Waals surface area (Å²) in [6.07, 6.45) is 0. The number of carbonyl (C=O) groups is 2. The van der Waals surface area contributed by atoms with Crippen molar-refractivity contribution in [1.82, 2.24) is 9.97 Å². The molecule has 4 aromatic rings. The van der Waals surface area contributed by atoms with Crippen LogP contribution in [0.25, 0.3) is 10.6 Å². The van der Waals surface area contributed by atoms with Crippen LogP contribution in [0.15, 0.2) is 53.9 Å². The SMILES string of the molecule is COc1ccccc1C(=O)Nc1nc(C)c(-c2csc(NC(=O)c3ccc([N+](=O)[O-])cc3)n2)s1. The number of hydrogen-bond acceptors (Lipinski definition) is 9. The fourth-order valence-electron chi connectivity index (χ4n) is 3.02. The van der Waals surface area contributed by atoms with Crippen LogP contribution in [0.1, 0.15) is 26.4 Å². The minimum absolute atomic E-state index is 0.0950. The molecule has 0 atom stereocenters. The minimum Gasteiger partial charge on any atom is -0.496 e. The highest BCUT2D eigenvalue weighted by Gasteiger charge is 2.18. The molecule has 4 rings (SSSR count). The van der Waals surface area contributed by atoms with E-state index in [1.807, 2.05) is 0 Å². The largest absolute Gasteiger partial charge is 0.496 e. The van der Waals surface area contributed by atoms with E-state index < -0.39 is 10.8 Å². The summed E-state index contributed by atoms with van der Waals surface area (Å²) in [6, 6.07) is 12.2. The summed E-state index contributed by atoms with van der Waals surface area (Å²) in [5.74, 6) is -0.310. The van der Waals surface area contributed by atoms with Gasteiger partial charge in [-0.3, -0.25) is 30.3 Å². The molecule has 2 aromatic heterocycles. The zero-order chi connectivity index (χ0) is 24.2. The van der Waals surface area contributed by atoms with E-state index >= 15 is 0 Å². The predicted octanol–water partition coefficient (Wildman–Crippen LogP) is 5.00. The van der Waals surface area contributed by atoms with E-state index in [1.165, 1.54) is 54.0 Å². The van der Waals surface area contributed by atoms with Crippen LogP contribution in [0.5, 0.6) is 5.75 Å². The van der Waals surface area contributed by atoms with Crippen LogP contribution in [0.4, 0.5) is 16.0 Å². The third kappa shape index (κ3) is 4.92.